The number of halogens is 3. The van der Waals surface area contributed by atoms with E-state index in [9.17, 15) is 22.8 Å². The van der Waals surface area contributed by atoms with Crippen molar-refractivity contribution < 1.29 is 22.7 Å². The van der Waals surface area contributed by atoms with Crippen LogP contribution in [0, 0.1) is 17.5 Å². The second-order valence-corrected chi connectivity index (χ2v) is 7.12. The fourth-order valence-corrected chi connectivity index (χ4v) is 3.72. The molecule has 0 aliphatic carbocycles. The van der Waals surface area contributed by atoms with Crippen LogP contribution in [0.1, 0.15) is 6.92 Å². The highest BCUT2D eigenvalue weighted by molar-refractivity contribution is 5.86. The molecule has 2 aromatic carbocycles. The molecule has 3 aromatic rings. The minimum atomic E-state index is -0.890. The van der Waals surface area contributed by atoms with Crippen LogP contribution < -0.4 is 20.4 Å². The van der Waals surface area contributed by atoms with Crippen LogP contribution >= 0.6 is 0 Å². The maximum atomic E-state index is 15.0. The lowest BCUT2D eigenvalue weighted by Crippen LogP contribution is -2.49. The van der Waals surface area contributed by atoms with Gasteiger partial charge >= 0.3 is 0 Å². The van der Waals surface area contributed by atoms with Gasteiger partial charge in [-0.1, -0.05) is 0 Å². The summed E-state index contributed by atoms with van der Waals surface area (Å²) in [7, 11) is 0. The van der Waals surface area contributed by atoms with Gasteiger partial charge in [0.1, 0.15) is 17.5 Å². The summed E-state index contributed by atoms with van der Waals surface area (Å²) in [6.45, 7) is 3.78. The van der Waals surface area contributed by atoms with E-state index >= 15 is 0 Å². The number of pyridine rings is 1. The first-order chi connectivity index (χ1) is 14.4. The number of anilines is 1. The van der Waals surface area contributed by atoms with Crippen LogP contribution in [0.25, 0.3) is 16.6 Å². The number of fused-ring (bicyclic) bond motifs is 1. The normalized spacial score (nSPS) is 16.7. The summed E-state index contributed by atoms with van der Waals surface area (Å²) in [6, 6.07) is 5.59. The van der Waals surface area contributed by atoms with Crippen molar-refractivity contribution in [3.8, 4) is 11.4 Å². The lowest BCUT2D eigenvalue weighted by molar-refractivity contribution is -0.120. The predicted octanol–water partition coefficient (Wildman–Crippen LogP) is 2.74. The zero-order valence-corrected chi connectivity index (χ0v) is 16.0. The van der Waals surface area contributed by atoms with Crippen molar-refractivity contribution in [2.75, 3.05) is 24.5 Å². The van der Waals surface area contributed by atoms with Gasteiger partial charge in [-0.25, -0.2) is 13.2 Å². The van der Waals surface area contributed by atoms with Gasteiger partial charge in [0.2, 0.25) is 5.43 Å². The van der Waals surface area contributed by atoms with Crippen molar-refractivity contribution in [2.45, 2.75) is 13.0 Å². The van der Waals surface area contributed by atoms with E-state index in [2.05, 4.69) is 5.32 Å². The summed E-state index contributed by atoms with van der Waals surface area (Å²) < 4.78 is 48.9. The molecule has 2 heterocycles. The summed E-state index contributed by atoms with van der Waals surface area (Å²) in [6.07, 6.45) is 1.14. The van der Waals surface area contributed by atoms with Crippen molar-refractivity contribution in [1.29, 1.82) is 0 Å². The lowest BCUT2D eigenvalue weighted by atomic mass is 10.1. The highest BCUT2D eigenvalue weighted by Gasteiger charge is 2.22. The largest absolute Gasteiger partial charge is 0.423 e. The Labute approximate surface area is 169 Å². The minimum Gasteiger partial charge on any atom is -0.423 e. The van der Waals surface area contributed by atoms with Gasteiger partial charge in [0, 0.05) is 31.7 Å². The van der Waals surface area contributed by atoms with Crippen molar-refractivity contribution >= 4 is 23.1 Å². The van der Waals surface area contributed by atoms with Crippen LogP contribution in [0.2, 0.25) is 0 Å². The van der Waals surface area contributed by atoms with Gasteiger partial charge in [-0.2, -0.15) is 0 Å². The molecule has 4 rings (SSSR count). The SMILES string of the molecule is CC1CN(c2cc3c(cc2F)c(=O)c(OC=O)cn3-c2ccc(F)cc2F)CCN1. The average Bonchev–Trinajstić information content (AvgIpc) is 2.70. The number of ether oxygens (including phenoxy) is 1. The fourth-order valence-electron chi connectivity index (χ4n) is 3.72. The Bertz CT molecular complexity index is 1200. The molecule has 1 saturated heterocycles. The Hall–Kier alpha value is -3.33. The van der Waals surface area contributed by atoms with Crippen molar-refractivity contribution in [1.82, 2.24) is 9.88 Å². The molecule has 0 bridgehead atoms. The second-order valence-electron chi connectivity index (χ2n) is 7.12. The molecule has 0 amide bonds. The molecule has 0 saturated carbocycles. The third kappa shape index (κ3) is 3.52. The number of nitrogens with one attached hydrogen (secondary N) is 1. The Kier molecular flexibility index (Phi) is 5.21. The number of benzene rings is 2. The number of piperazine rings is 1. The minimum absolute atomic E-state index is 0.0563. The molecular formula is C21H18F3N3O3. The molecule has 0 spiro atoms. The van der Waals surface area contributed by atoms with Crippen LogP contribution in [0.5, 0.6) is 5.75 Å². The van der Waals surface area contributed by atoms with E-state index in [1.165, 1.54) is 16.7 Å². The number of rotatable bonds is 4. The summed E-state index contributed by atoms with van der Waals surface area (Å²) in [5.41, 5.74) is -0.333. The maximum Gasteiger partial charge on any atom is 0.298 e. The van der Waals surface area contributed by atoms with E-state index in [1.54, 1.807) is 0 Å². The molecule has 1 unspecified atom stereocenters. The summed E-state index contributed by atoms with van der Waals surface area (Å²) in [4.78, 5) is 25.3. The predicted molar refractivity (Wildman–Crippen MR) is 106 cm³/mol. The molecule has 1 N–H and O–H groups in total. The van der Waals surface area contributed by atoms with Crippen LogP contribution in [0.15, 0.2) is 41.3 Å². The molecule has 1 atom stereocenters. The van der Waals surface area contributed by atoms with Gasteiger partial charge in [-0.15, -0.1) is 0 Å². The van der Waals surface area contributed by atoms with Crippen LogP contribution in [0.4, 0.5) is 18.9 Å². The first kappa shape index (κ1) is 20.0. The van der Waals surface area contributed by atoms with Gasteiger partial charge in [0.05, 0.1) is 28.5 Å². The molecule has 1 aliphatic heterocycles. The number of hydrogen-bond donors (Lipinski definition) is 1. The van der Waals surface area contributed by atoms with Gasteiger partial charge in [-0.05, 0) is 31.2 Å². The zero-order valence-electron chi connectivity index (χ0n) is 16.0. The van der Waals surface area contributed by atoms with Crippen molar-refractivity contribution in [3.05, 3.63) is 64.2 Å². The molecular weight excluding hydrogens is 399 g/mol. The lowest BCUT2D eigenvalue weighted by Gasteiger charge is -2.34. The molecule has 6 nitrogen and oxygen atoms in total. The topological polar surface area (TPSA) is 63.6 Å². The average molecular weight is 417 g/mol. The van der Waals surface area contributed by atoms with Gasteiger partial charge in [-0.3, -0.25) is 9.59 Å². The first-order valence-electron chi connectivity index (χ1n) is 9.32. The quantitative estimate of drug-likeness (QED) is 0.662. The zero-order chi connectivity index (χ0) is 21.4. The molecule has 1 aliphatic rings. The second kappa shape index (κ2) is 7.83. The Balaban J connectivity index is 2.00. The number of aromatic nitrogens is 1. The number of carbonyl (C=O) groups is 1. The highest BCUT2D eigenvalue weighted by atomic mass is 19.1. The Morgan fingerprint density at radius 3 is 2.60 bits per heavy atom. The van der Waals surface area contributed by atoms with E-state index in [1.807, 2.05) is 11.8 Å². The number of nitrogens with zero attached hydrogens (tertiary/aromatic N) is 2. The maximum absolute atomic E-state index is 15.0. The molecule has 1 fully saturated rings. The van der Waals surface area contributed by atoms with Gasteiger partial charge in [0.25, 0.3) is 6.47 Å². The highest BCUT2D eigenvalue weighted by Crippen LogP contribution is 2.29. The Morgan fingerprint density at radius 1 is 1.13 bits per heavy atom. The van der Waals surface area contributed by atoms with Crippen molar-refractivity contribution in [2.24, 2.45) is 0 Å². The van der Waals surface area contributed by atoms with E-state index in [0.717, 1.165) is 18.3 Å². The first-order valence-corrected chi connectivity index (χ1v) is 9.32. The third-order valence-corrected chi connectivity index (χ3v) is 5.09. The van der Waals surface area contributed by atoms with Gasteiger partial charge < -0.3 is 19.5 Å². The summed E-state index contributed by atoms with van der Waals surface area (Å²) in [5.74, 6) is -2.68. The number of hydrogen-bond acceptors (Lipinski definition) is 5. The standard InChI is InChI=1S/C21H18F3N3O3/c1-12-9-26(5-4-25-12)19-8-18-14(7-16(19)24)21(29)20(30-11-28)10-27(18)17-3-2-13(22)6-15(17)23/h2-3,6-8,10-12,25H,4-5,9H2,1H3. The molecule has 30 heavy (non-hydrogen) atoms. The fraction of sp³-hybridized carbons (Fsp3) is 0.238. The molecule has 156 valence electrons. The molecule has 1 aromatic heterocycles. The molecule has 0 radical (unpaired) electrons. The third-order valence-electron chi connectivity index (χ3n) is 5.09. The smallest absolute Gasteiger partial charge is 0.298 e. The van der Waals surface area contributed by atoms with E-state index in [-0.39, 0.29) is 34.8 Å². The van der Waals surface area contributed by atoms with E-state index in [4.69, 9.17) is 4.74 Å². The van der Waals surface area contributed by atoms with Gasteiger partial charge in [0.15, 0.2) is 5.75 Å². The van der Waals surface area contributed by atoms with Crippen LogP contribution in [-0.4, -0.2) is 36.7 Å². The summed E-state index contributed by atoms with van der Waals surface area (Å²) >= 11 is 0. The van der Waals surface area contributed by atoms with Crippen LogP contribution in [0.3, 0.4) is 0 Å². The Morgan fingerprint density at radius 2 is 1.90 bits per heavy atom. The monoisotopic (exact) mass is 417 g/mol. The van der Waals surface area contributed by atoms with Crippen molar-refractivity contribution in [3.63, 3.8) is 0 Å². The van der Waals surface area contributed by atoms with E-state index in [0.29, 0.717) is 25.7 Å². The number of carbonyl (C=O) groups excluding carboxylic acids is 1. The molecule has 9 heteroatoms. The summed E-state index contributed by atoms with van der Waals surface area (Å²) in [5, 5.41) is 3.17. The van der Waals surface area contributed by atoms with E-state index < -0.39 is 28.6 Å². The van der Waals surface area contributed by atoms with Crippen LogP contribution in [-0.2, 0) is 4.79 Å².